The summed E-state index contributed by atoms with van der Waals surface area (Å²) in [6.07, 6.45) is 3.24. The Bertz CT molecular complexity index is 415. The zero-order valence-corrected chi connectivity index (χ0v) is 12.2. The molecule has 0 saturated carbocycles. The van der Waals surface area contributed by atoms with Crippen LogP contribution in [0.25, 0.3) is 0 Å². The molecule has 20 heavy (non-hydrogen) atoms. The van der Waals surface area contributed by atoms with E-state index in [1.807, 2.05) is 50.2 Å². The molecule has 0 aliphatic heterocycles. The van der Waals surface area contributed by atoms with Crippen molar-refractivity contribution in [1.29, 1.82) is 0 Å². The maximum absolute atomic E-state index is 5.55. The zero-order valence-electron chi connectivity index (χ0n) is 12.2. The smallest absolute Gasteiger partial charge is 0.124 e. The average Bonchev–Trinajstić information content (AvgIpc) is 3.03. The van der Waals surface area contributed by atoms with E-state index in [4.69, 9.17) is 14.0 Å². The van der Waals surface area contributed by atoms with Crippen LogP contribution in [-0.2, 0) is 11.2 Å². The van der Waals surface area contributed by atoms with Gasteiger partial charge in [0.15, 0.2) is 0 Å². The van der Waals surface area contributed by atoms with Crippen molar-refractivity contribution in [2.45, 2.75) is 26.7 Å². The monoisotopic (exact) mass is 277 g/mol. The Labute approximate surface area is 120 Å². The largest absolute Gasteiger partial charge is 0.494 e. The van der Waals surface area contributed by atoms with Crippen molar-refractivity contribution in [3.63, 3.8) is 0 Å². The van der Waals surface area contributed by atoms with E-state index in [1.54, 1.807) is 6.26 Å². The zero-order chi connectivity index (χ0) is 14.5. The lowest BCUT2D eigenvalue weighted by molar-refractivity contribution is 0.121. The number of benzene rings is 1. The Kier molecular flexibility index (Phi) is 8.98. The molecule has 1 heterocycles. The van der Waals surface area contributed by atoms with E-state index >= 15 is 0 Å². The SMILES string of the molecule is CC.c1ccc(OCCCOCCc2ccon2)cc1. The highest BCUT2D eigenvalue weighted by molar-refractivity contribution is 5.20. The lowest BCUT2D eigenvalue weighted by Crippen LogP contribution is -2.05. The quantitative estimate of drug-likeness (QED) is 0.690. The molecule has 0 spiro atoms. The molecule has 0 N–H and O–H groups in total. The molecule has 0 atom stereocenters. The van der Waals surface area contributed by atoms with Crippen molar-refractivity contribution in [2.24, 2.45) is 0 Å². The first kappa shape index (κ1) is 16.2. The van der Waals surface area contributed by atoms with E-state index in [1.165, 1.54) is 0 Å². The molecule has 0 fully saturated rings. The molecule has 0 unspecified atom stereocenters. The molecule has 0 aliphatic rings. The summed E-state index contributed by atoms with van der Waals surface area (Å²) >= 11 is 0. The summed E-state index contributed by atoms with van der Waals surface area (Å²) in [5.74, 6) is 0.903. The van der Waals surface area contributed by atoms with Gasteiger partial charge in [0.05, 0.1) is 18.9 Å². The van der Waals surface area contributed by atoms with Crippen molar-refractivity contribution >= 4 is 0 Å². The molecule has 0 saturated heterocycles. The van der Waals surface area contributed by atoms with E-state index < -0.39 is 0 Å². The van der Waals surface area contributed by atoms with Crippen LogP contribution in [0.5, 0.6) is 5.75 Å². The Balaban J connectivity index is 0.000000956. The lowest BCUT2D eigenvalue weighted by Gasteiger charge is -2.06. The summed E-state index contributed by atoms with van der Waals surface area (Å²) in [5.41, 5.74) is 0.926. The van der Waals surface area contributed by atoms with Gasteiger partial charge in [0, 0.05) is 25.5 Å². The summed E-state index contributed by atoms with van der Waals surface area (Å²) in [4.78, 5) is 0. The predicted octanol–water partition coefficient (Wildman–Crippen LogP) is 3.73. The van der Waals surface area contributed by atoms with Crippen LogP contribution in [0.3, 0.4) is 0 Å². The number of aromatic nitrogens is 1. The molecule has 110 valence electrons. The molecule has 1 aromatic heterocycles. The standard InChI is InChI=1S/C14H17NO3.C2H6/c1-2-5-14(6-3-1)17-10-4-9-16-11-7-13-8-12-18-15-13;1-2/h1-3,5-6,8,12H,4,7,9-11H2;1-2H3. The number of hydrogen-bond acceptors (Lipinski definition) is 4. The Morgan fingerprint density at radius 2 is 1.80 bits per heavy atom. The van der Waals surface area contributed by atoms with Crippen LogP contribution in [0.1, 0.15) is 26.0 Å². The van der Waals surface area contributed by atoms with Gasteiger partial charge < -0.3 is 14.0 Å². The van der Waals surface area contributed by atoms with Crippen molar-refractivity contribution in [3.8, 4) is 5.75 Å². The highest BCUT2D eigenvalue weighted by Gasteiger charge is 1.96. The molecule has 0 bridgehead atoms. The number of hydrogen-bond donors (Lipinski definition) is 0. The van der Waals surface area contributed by atoms with E-state index in [9.17, 15) is 0 Å². The molecule has 0 aliphatic carbocycles. The van der Waals surface area contributed by atoms with E-state index in [0.29, 0.717) is 19.8 Å². The van der Waals surface area contributed by atoms with Crippen LogP contribution >= 0.6 is 0 Å². The highest BCUT2D eigenvalue weighted by Crippen LogP contribution is 2.08. The van der Waals surface area contributed by atoms with Crippen LogP contribution in [0.4, 0.5) is 0 Å². The molecular weight excluding hydrogens is 254 g/mol. The maximum atomic E-state index is 5.55. The minimum atomic E-state index is 0.665. The van der Waals surface area contributed by atoms with Gasteiger partial charge in [-0.25, -0.2) is 0 Å². The first-order chi connectivity index (χ1) is 9.95. The molecular formula is C16H23NO3. The fraction of sp³-hybridized carbons (Fsp3) is 0.438. The summed E-state index contributed by atoms with van der Waals surface area (Å²) in [5, 5.41) is 3.81. The van der Waals surface area contributed by atoms with Gasteiger partial charge in [0.25, 0.3) is 0 Å². The topological polar surface area (TPSA) is 44.5 Å². The minimum Gasteiger partial charge on any atom is -0.494 e. The summed E-state index contributed by atoms with van der Waals surface area (Å²) in [6.45, 7) is 6.04. The third-order valence-electron chi connectivity index (χ3n) is 2.44. The first-order valence-electron chi connectivity index (χ1n) is 7.10. The Hall–Kier alpha value is -1.81. The lowest BCUT2D eigenvalue weighted by atomic mass is 10.3. The third-order valence-corrected chi connectivity index (χ3v) is 2.44. The molecule has 2 aromatic rings. The van der Waals surface area contributed by atoms with Crippen LogP contribution < -0.4 is 4.74 Å². The van der Waals surface area contributed by atoms with Gasteiger partial charge in [-0.1, -0.05) is 37.2 Å². The third kappa shape index (κ3) is 6.95. The highest BCUT2D eigenvalue weighted by atomic mass is 16.5. The van der Waals surface area contributed by atoms with Crippen LogP contribution in [-0.4, -0.2) is 25.0 Å². The molecule has 0 amide bonds. The summed E-state index contributed by atoms with van der Waals surface area (Å²) in [7, 11) is 0. The molecule has 0 radical (unpaired) electrons. The molecule has 1 aromatic carbocycles. The second kappa shape index (κ2) is 11.1. The molecule has 4 nitrogen and oxygen atoms in total. The fourth-order valence-electron chi connectivity index (χ4n) is 1.51. The first-order valence-corrected chi connectivity index (χ1v) is 7.10. The maximum Gasteiger partial charge on any atom is 0.124 e. The van der Waals surface area contributed by atoms with Gasteiger partial charge >= 0.3 is 0 Å². The normalized spacial score (nSPS) is 9.70. The van der Waals surface area contributed by atoms with Gasteiger partial charge in [0.2, 0.25) is 0 Å². The van der Waals surface area contributed by atoms with Crippen molar-refractivity contribution in [1.82, 2.24) is 5.16 Å². The van der Waals surface area contributed by atoms with Crippen molar-refractivity contribution in [2.75, 3.05) is 19.8 Å². The number of para-hydroxylation sites is 1. The summed E-state index contributed by atoms with van der Waals surface area (Å²) < 4.78 is 15.8. The fourth-order valence-corrected chi connectivity index (χ4v) is 1.51. The van der Waals surface area contributed by atoms with Gasteiger partial charge in [0.1, 0.15) is 12.0 Å². The van der Waals surface area contributed by atoms with Gasteiger partial charge in [-0.05, 0) is 12.1 Å². The second-order valence-electron chi connectivity index (χ2n) is 3.87. The molecule has 4 heteroatoms. The van der Waals surface area contributed by atoms with E-state index in [-0.39, 0.29) is 0 Å². The average molecular weight is 277 g/mol. The van der Waals surface area contributed by atoms with Crippen LogP contribution in [0.15, 0.2) is 47.2 Å². The van der Waals surface area contributed by atoms with Crippen molar-refractivity contribution < 1.29 is 14.0 Å². The van der Waals surface area contributed by atoms with Gasteiger partial charge in [-0.3, -0.25) is 0 Å². The number of nitrogens with zero attached hydrogens (tertiary/aromatic N) is 1. The van der Waals surface area contributed by atoms with Crippen LogP contribution in [0.2, 0.25) is 0 Å². The van der Waals surface area contributed by atoms with Crippen molar-refractivity contribution in [3.05, 3.63) is 48.4 Å². The van der Waals surface area contributed by atoms with E-state index in [0.717, 1.165) is 24.3 Å². The van der Waals surface area contributed by atoms with Crippen LogP contribution in [0, 0.1) is 0 Å². The number of ether oxygens (including phenoxy) is 2. The summed E-state index contributed by atoms with van der Waals surface area (Å²) in [6, 6.07) is 11.6. The van der Waals surface area contributed by atoms with E-state index in [2.05, 4.69) is 5.16 Å². The number of rotatable bonds is 8. The second-order valence-corrected chi connectivity index (χ2v) is 3.87. The van der Waals surface area contributed by atoms with Gasteiger partial charge in [-0.15, -0.1) is 0 Å². The Morgan fingerprint density at radius 3 is 2.50 bits per heavy atom. The van der Waals surface area contributed by atoms with Gasteiger partial charge in [-0.2, -0.15) is 0 Å². The Morgan fingerprint density at radius 1 is 1.00 bits per heavy atom. The minimum absolute atomic E-state index is 0.665. The predicted molar refractivity (Wildman–Crippen MR) is 78.9 cm³/mol. The molecule has 2 rings (SSSR count).